The van der Waals surface area contributed by atoms with Gasteiger partial charge >= 0.3 is 6.09 Å². The molecule has 0 spiro atoms. The molecule has 3 aromatic rings. The van der Waals surface area contributed by atoms with Gasteiger partial charge in [0.05, 0.1) is 32.5 Å². The molecule has 1 aliphatic rings. The van der Waals surface area contributed by atoms with Crippen LogP contribution in [0.3, 0.4) is 0 Å². The number of nitrogens with zero attached hydrogens (tertiary/aromatic N) is 1. The summed E-state index contributed by atoms with van der Waals surface area (Å²) in [5, 5.41) is 8.77. The Kier molecular flexibility index (Phi) is 10.8. The number of aliphatic hydroxyl groups is 1. The number of Topliss-reactive ketones (excluding diaryl/α,β-unsaturated/α-hetero) is 1. The lowest BCUT2D eigenvalue weighted by Gasteiger charge is -2.22. The van der Waals surface area contributed by atoms with Crippen molar-refractivity contribution < 1.29 is 38.1 Å². The molecule has 41 heavy (non-hydrogen) atoms. The number of ether oxygens (including phenoxy) is 3. The van der Waals surface area contributed by atoms with Gasteiger partial charge < -0.3 is 23.7 Å². The fourth-order valence-electron chi connectivity index (χ4n) is 4.82. The number of aryl methyl sites for hydroxylation is 2. The van der Waals surface area contributed by atoms with Gasteiger partial charge in [-0.05, 0) is 43.9 Å². The first-order chi connectivity index (χ1) is 19.9. The first kappa shape index (κ1) is 30.2. The van der Waals surface area contributed by atoms with E-state index in [9.17, 15) is 14.4 Å². The highest BCUT2D eigenvalue weighted by Gasteiger charge is 2.42. The Morgan fingerprint density at radius 3 is 2.51 bits per heavy atom. The van der Waals surface area contributed by atoms with E-state index in [1.807, 2.05) is 61.5 Å². The van der Waals surface area contributed by atoms with Crippen molar-refractivity contribution >= 4 is 17.8 Å². The molecule has 0 saturated carbocycles. The standard InChI is InChI=1S/C32H37NO8/c1-22-8-6-11-25(18-22)27-20-29(41-28(27)12-7-14-38-16-17-39-15-13-34)30(35)23(2)31(36)33-26(21-40-32(33)37)19-24-9-4-3-5-10-24/h3-6,8-11,18,20,23,26,34H,7,12-17,19,21H2,1-2H3/t23-,26-/m0/s1. The molecule has 9 nitrogen and oxygen atoms in total. The van der Waals surface area contributed by atoms with Gasteiger partial charge in [0.25, 0.3) is 0 Å². The van der Waals surface area contributed by atoms with Crippen molar-refractivity contribution in [2.75, 3.05) is 39.6 Å². The number of benzene rings is 2. The highest BCUT2D eigenvalue weighted by molar-refractivity contribution is 6.12. The van der Waals surface area contributed by atoms with Crippen LogP contribution in [0.15, 0.2) is 65.1 Å². The molecule has 2 heterocycles. The predicted octanol–water partition coefficient (Wildman–Crippen LogP) is 4.62. The van der Waals surface area contributed by atoms with E-state index in [-0.39, 0.29) is 25.6 Å². The van der Waals surface area contributed by atoms with Crippen LogP contribution in [-0.4, -0.2) is 73.5 Å². The van der Waals surface area contributed by atoms with Crippen LogP contribution < -0.4 is 0 Å². The van der Waals surface area contributed by atoms with Gasteiger partial charge in [-0.3, -0.25) is 9.59 Å². The summed E-state index contributed by atoms with van der Waals surface area (Å²) in [5.41, 5.74) is 3.72. The van der Waals surface area contributed by atoms with Crippen LogP contribution in [0.5, 0.6) is 0 Å². The molecule has 2 amide bonds. The first-order valence-electron chi connectivity index (χ1n) is 13.9. The lowest BCUT2D eigenvalue weighted by Crippen LogP contribution is -2.44. The van der Waals surface area contributed by atoms with Gasteiger partial charge in [0.2, 0.25) is 11.7 Å². The Hall–Kier alpha value is -3.79. The Bertz CT molecular complexity index is 1320. The van der Waals surface area contributed by atoms with E-state index in [1.165, 1.54) is 6.92 Å². The SMILES string of the molecule is Cc1cccc(-c2cc(C(=O)[C@H](C)C(=O)N3C(=O)OC[C@@H]3Cc3ccccc3)oc2CCCOCCOCCO)c1. The molecule has 1 fully saturated rings. The third-order valence-electron chi connectivity index (χ3n) is 6.96. The number of carbonyl (C=O) groups excluding carboxylic acids is 3. The highest BCUT2D eigenvalue weighted by Crippen LogP contribution is 2.31. The van der Waals surface area contributed by atoms with Crippen molar-refractivity contribution in [1.82, 2.24) is 4.90 Å². The van der Waals surface area contributed by atoms with Crippen molar-refractivity contribution in [3.05, 3.63) is 83.3 Å². The summed E-state index contributed by atoms with van der Waals surface area (Å²) < 4.78 is 22.1. The summed E-state index contributed by atoms with van der Waals surface area (Å²) in [4.78, 5) is 40.6. The van der Waals surface area contributed by atoms with Gasteiger partial charge in [-0.15, -0.1) is 0 Å². The maximum atomic E-state index is 13.5. The van der Waals surface area contributed by atoms with Gasteiger partial charge in [0, 0.05) is 18.6 Å². The van der Waals surface area contributed by atoms with Crippen molar-refractivity contribution in [3.63, 3.8) is 0 Å². The lowest BCUT2D eigenvalue weighted by molar-refractivity contribution is -0.131. The fourth-order valence-corrected chi connectivity index (χ4v) is 4.82. The van der Waals surface area contributed by atoms with Crippen LogP contribution in [0.1, 0.15) is 40.8 Å². The van der Waals surface area contributed by atoms with Crippen molar-refractivity contribution in [1.29, 1.82) is 0 Å². The van der Waals surface area contributed by atoms with E-state index in [2.05, 4.69) is 0 Å². The number of rotatable bonds is 15. The Labute approximate surface area is 240 Å². The molecule has 218 valence electrons. The molecule has 4 rings (SSSR count). The molecule has 1 aliphatic heterocycles. The topological polar surface area (TPSA) is 116 Å². The smallest absolute Gasteiger partial charge is 0.417 e. The second-order valence-electron chi connectivity index (χ2n) is 10.1. The molecule has 2 aromatic carbocycles. The van der Waals surface area contributed by atoms with Crippen LogP contribution in [0.2, 0.25) is 0 Å². The van der Waals surface area contributed by atoms with Crippen LogP contribution in [0.4, 0.5) is 4.79 Å². The summed E-state index contributed by atoms with van der Waals surface area (Å²) in [6, 6.07) is 18.6. The zero-order valence-corrected chi connectivity index (χ0v) is 23.5. The number of hydrogen-bond donors (Lipinski definition) is 1. The van der Waals surface area contributed by atoms with Crippen molar-refractivity contribution in [2.24, 2.45) is 5.92 Å². The number of hydrogen-bond acceptors (Lipinski definition) is 8. The summed E-state index contributed by atoms with van der Waals surface area (Å²) in [6.45, 7) is 5.10. The van der Waals surface area contributed by atoms with Crippen LogP contribution in [0, 0.1) is 12.8 Å². The van der Waals surface area contributed by atoms with Gasteiger partial charge in [0.15, 0.2) is 5.76 Å². The van der Waals surface area contributed by atoms with E-state index in [4.69, 9.17) is 23.7 Å². The van der Waals surface area contributed by atoms with E-state index in [1.54, 1.807) is 6.07 Å². The number of imide groups is 1. The molecule has 0 bridgehead atoms. The second-order valence-corrected chi connectivity index (χ2v) is 10.1. The lowest BCUT2D eigenvalue weighted by atomic mass is 9.98. The number of carbonyl (C=O) groups is 3. The molecule has 1 N–H and O–H groups in total. The molecule has 9 heteroatoms. The van der Waals surface area contributed by atoms with Crippen molar-refractivity contribution in [3.8, 4) is 11.1 Å². The minimum atomic E-state index is -1.13. The average Bonchev–Trinajstić information content (AvgIpc) is 3.57. The molecule has 2 atom stereocenters. The molecule has 0 aliphatic carbocycles. The Morgan fingerprint density at radius 2 is 1.78 bits per heavy atom. The second kappa shape index (κ2) is 14.7. The Morgan fingerprint density at radius 1 is 1.02 bits per heavy atom. The fraction of sp³-hybridized carbons (Fsp3) is 0.406. The van der Waals surface area contributed by atoms with E-state index in [0.717, 1.165) is 27.2 Å². The predicted molar refractivity (Wildman–Crippen MR) is 152 cm³/mol. The van der Waals surface area contributed by atoms with E-state index < -0.39 is 29.7 Å². The summed E-state index contributed by atoms with van der Waals surface area (Å²) in [7, 11) is 0. The molecular weight excluding hydrogens is 526 g/mol. The van der Waals surface area contributed by atoms with E-state index >= 15 is 0 Å². The van der Waals surface area contributed by atoms with Crippen LogP contribution >= 0.6 is 0 Å². The third-order valence-corrected chi connectivity index (χ3v) is 6.96. The summed E-state index contributed by atoms with van der Waals surface area (Å²) in [6.07, 6.45) is 0.874. The Balaban J connectivity index is 1.47. The van der Waals surface area contributed by atoms with Gasteiger partial charge in [-0.1, -0.05) is 60.2 Å². The van der Waals surface area contributed by atoms with E-state index in [0.29, 0.717) is 44.8 Å². The van der Waals surface area contributed by atoms with Crippen LogP contribution in [-0.2, 0) is 31.8 Å². The van der Waals surface area contributed by atoms with Crippen molar-refractivity contribution in [2.45, 2.75) is 39.2 Å². The van der Waals surface area contributed by atoms with Gasteiger partial charge in [-0.2, -0.15) is 0 Å². The number of furan rings is 1. The molecule has 1 saturated heterocycles. The summed E-state index contributed by atoms with van der Waals surface area (Å²) in [5.74, 6) is -1.54. The zero-order valence-electron chi connectivity index (χ0n) is 23.5. The third kappa shape index (κ3) is 7.91. The summed E-state index contributed by atoms with van der Waals surface area (Å²) >= 11 is 0. The average molecular weight is 564 g/mol. The minimum absolute atomic E-state index is 0.0259. The molecule has 0 radical (unpaired) electrons. The van der Waals surface area contributed by atoms with Crippen LogP contribution in [0.25, 0.3) is 11.1 Å². The minimum Gasteiger partial charge on any atom is -0.457 e. The number of ketones is 1. The first-order valence-corrected chi connectivity index (χ1v) is 13.9. The van der Waals surface area contributed by atoms with Gasteiger partial charge in [0.1, 0.15) is 18.3 Å². The molecule has 1 aromatic heterocycles. The largest absolute Gasteiger partial charge is 0.457 e. The number of cyclic esters (lactones) is 1. The normalized spacial score (nSPS) is 15.6. The zero-order chi connectivity index (χ0) is 29.2. The monoisotopic (exact) mass is 563 g/mol. The highest BCUT2D eigenvalue weighted by atomic mass is 16.6. The quantitative estimate of drug-likeness (QED) is 0.162. The number of aliphatic hydroxyl groups excluding tert-OH is 1. The maximum Gasteiger partial charge on any atom is 0.417 e. The molecule has 0 unspecified atom stereocenters. The van der Waals surface area contributed by atoms with Gasteiger partial charge in [-0.25, -0.2) is 9.69 Å². The number of amides is 2. The maximum absolute atomic E-state index is 13.5. The molecular formula is C32H37NO8.